The van der Waals surface area contributed by atoms with Crippen molar-refractivity contribution in [2.24, 2.45) is 0 Å². The van der Waals surface area contributed by atoms with Crippen LogP contribution in [-0.2, 0) is 22.4 Å². The van der Waals surface area contributed by atoms with Gasteiger partial charge in [-0.15, -0.1) is 0 Å². The second-order valence-electron chi connectivity index (χ2n) is 7.90. The third-order valence-electron chi connectivity index (χ3n) is 5.91. The van der Waals surface area contributed by atoms with E-state index < -0.39 is 6.04 Å². The van der Waals surface area contributed by atoms with E-state index in [0.29, 0.717) is 5.56 Å². The van der Waals surface area contributed by atoms with Crippen molar-refractivity contribution in [3.8, 4) is 0 Å². The number of rotatable bonds is 5. The quantitative estimate of drug-likeness (QED) is 0.794. The molecule has 0 aromatic heterocycles. The van der Waals surface area contributed by atoms with E-state index in [2.05, 4.69) is 10.6 Å². The molecular formula is C23H24FN3O3. The van der Waals surface area contributed by atoms with Gasteiger partial charge in [-0.1, -0.05) is 18.2 Å². The number of hydrogen-bond donors (Lipinski definition) is 2. The summed E-state index contributed by atoms with van der Waals surface area (Å²) in [4.78, 5) is 38.6. The molecule has 7 heteroatoms. The van der Waals surface area contributed by atoms with Gasteiger partial charge in [0.25, 0.3) is 5.91 Å². The minimum atomic E-state index is -0.447. The summed E-state index contributed by atoms with van der Waals surface area (Å²) in [5, 5.41) is 5.49. The SMILES string of the molecule is CN1C(=O)C[C@@H](NC(=O)CNC(=O)c2ccc3c(c2)CCC3)[C@@H]1c1ccc(F)cc1. The Bertz CT molecular complexity index is 990. The van der Waals surface area contributed by atoms with E-state index in [1.807, 2.05) is 12.1 Å². The molecule has 2 N–H and O–H groups in total. The number of carbonyl (C=O) groups is 3. The Morgan fingerprint density at radius 3 is 2.60 bits per heavy atom. The molecule has 4 rings (SSSR count). The molecule has 2 atom stereocenters. The van der Waals surface area contributed by atoms with Gasteiger partial charge in [0.05, 0.1) is 18.6 Å². The number of aryl methyl sites for hydroxylation is 2. The normalized spacial score (nSPS) is 20.2. The van der Waals surface area contributed by atoms with Crippen LogP contribution in [0.4, 0.5) is 4.39 Å². The Balaban J connectivity index is 1.37. The highest BCUT2D eigenvalue weighted by Crippen LogP contribution is 2.32. The second-order valence-corrected chi connectivity index (χ2v) is 7.90. The van der Waals surface area contributed by atoms with Crippen molar-refractivity contribution in [3.63, 3.8) is 0 Å². The van der Waals surface area contributed by atoms with Gasteiger partial charge >= 0.3 is 0 Å². The van der Waals surface area contributed by atoms with Gasteiger partial charge in [-0.05, 0) is 60.2 Å². The van der Waals surface area contributed by atoms with E-state index in [-0.39, 0.29) is 42.5 Å². The lowest BCUT2D eigenvalue weighted by molar-refractivity contribution is -0.127. The number of nitrogens with one attached hydrogen (secondary N) is 2. The van der Waals surface area contributed by atoms with Gasteiger partial charge < -0.3 is 15.5 Å². The highest BCUT2D eigenvalue weighted by molar-refractivity contribution is 5.96. The lowest BCUT2D eigenvalue weighted by Gasteiger charge is -2.26. The standard InChI is InChI=1S/C23H24FN3O3/c1-27-21(29)12-19(22(27)15-7-9-18(24)10-8-15)26-20(28)13-25-23(30)17-6-5-14-3-2-4-16(14)11-17/h5-11,19,22H,2-4,12-13H2,1H3,(H,25,30)(H,26,28)/t19-,22+/m1/s1. The average molecular weight is 409 g/mol. The zero-order valence-electron chi connectivity index (χ0n) is 16.8. The van der Waals surface area contributed by atoms with Crippen LogP contribution < -0.4 is 10.6 Å². The Labute approximate surface area is 174 Å². The van der Waals surface area contributed by atoms with Crippen LogP contribution in [0.1, 0.15) is 45.9 Å². The summed E-state index contributed by atoms with van der Waals surface area (Å²) in [6.07, 6.45) is 3.28. The number of carbonyl (C=O) groups excluding carboxylic acids is 3. The van der Waals surface area contributed by atoms with Crippen molar-refractivity contribution in [3.05, 3.63) is 70.5 Å². The molecule has 2 aliphatic rings. The molecule has 0 bridgehead atoms. The summed E-state index contributed by atoms with van der Waals surface area (Å²) in [7, 11) is 1.66. The maximum absolute atomic E-state index is 13.3. The van der Waals surface area contributed by atoms with Crippen LogP contribution in [0.25, 0.3) is 0 Å². The van der Waals surface area contributed by atoms with Crippen LogP contribution in [0, 0.1) is 5.82 Å². The lowest BCUT2D eigenvalue weighted by Crippen LogP contribution is -2.44. The third-order valence-corrected chi connectivity index (χ3v) is 5.91. The molecule has 0 radical (unpaired) electrons. The fourth-order valence-corrected chi connectivity index (χ4v) is 4.35. The summed E-state index contributed by atoms with van der Waals surface area (Å²) < 4.78 is 13.3. The van der Waals surface area contributed by atoms with Crippen molar-refractivity contribution >= 4 is 17.7 Å². The van der Waals surface area contributed by atoms with Gasteiger partial charge in [0.1, 0.15) is 5.82 Å². The molecule has 156 valence electrons. The van der Waals surface area contributed by atoms with Gasteiger partial charge in [0, 0.05) is 19.0 Å². The van der Waals surface area contributed by atoms with E-state index >= 15 is 0 Å². The van der Waals surface area contributed by atoms with Crippen LogP contribution in [0.15, 0.2) is 42.5 Å². The van der Waals surface area contributed by atoms with Crippen molar-refractivity contribution in [2.75, 3.05) is 13.6 Å². The van der Waals surface area contributed by atoms with Gasteiger partial charge in [0.15, 0.2) is 0 Å². The van der Waals surface area contributed by atoms with Crippen LogP contribution in [0.2, 0.25) is 0 Å². The number of amides is 3. The molecule has 3 amide bonds. The van der Waals surface area contributed by atoms with Crippen LogP contribution in [-0.4, -0.2) is 42.3 Å². The first kappa shape index (κ1) is 20.1. The van der Waals surface area contributed by atoms with Gasteiger partial charge in [0.2, 0.25) is 11.8 Å². The fourth-order valence-electron chi connectivity index (χ4n) is 4.35. The monoisotopic (exact) mass is 409 g/mol. The van der Waals surface area contributed by atoms with Gasteiger partial charge in [-0.3, -0.25) is 14.4 Å². The lowest BCUT2D eigenvalue weighted by atomic mass is 10.00. The average Bonchev–Trinajstić information content (AvgIpc) is 3.31. The topological polar surface area (TPSA) is 78.5 Å². The van der Waals surface area contributed by atoms with Crippen molar-refractivity contribution in [1.29, 1.82) is 0 Å². The number of nitrogens with zero attached hydrogens (tertiary/aromatic N) is 1. The molecule has 1 aliphatic heterocycles. The molecule has 1 fully saturated rings. The Morgan fingerprint density at radius 1 is 1.10 bits per heavy atom. The van der Waals surface area contributed by atoms with Crippen molar-refractivity contribution in [2.45, 2.75) is 37.8 Å². The number of likely N-dealkylation sites (N-methyl/N-ethyl adjacent to an activating group) is 1. The summed E-state index contributed by atoms with van der Waals surface area (Å²) in [6.45, 7) is -0.180. The highest BCUT2D eigenvalue weighted by atomic mass is 19.1. The fraction of sp³-hybridized carbons (Fsp3) is 0.348. The van der Waals surface area contributed by atoms with E-state index in [0.717, 1.165) is 24.8 Å². The number of hydrogen-bond acceptors (Lipinski definition) is 3. The molecule has 1 saturated heterocycles. The van der Waals surface area contributed by atoms with Crippen LogP contribution >= 0.6 is 0 Å². The summed E-state index contributed by atoms with van der Waals surface area (Å²) >= 11 is 0. The zero-order chi connectivity index (χ0) is 21.3. The highest BCUT2D eigenvalue weighted by Gasteiger charge is 2.39. The molecule has 0 spiro atoms. The number of fused-ring (bicyclic) bond motifs is 1. The maximum atomic E-state index is 13.3. The zero-order valence-corrected chi connectivity index (χ0v) is 16.8. The minimum Gasteiger partial charge on any atom is -0.349 e. The summed E-state index contributed by atoms with van der Waals surface area (Å²) in [5.74, 6) is -1.13. The Kier molecular flexibility index (Phi) is 5.53. The number of halogens is 1. The summed E-state index contributed by atoms with van der Waals surface area (Å²) in [6, 6.07) is 10.7. The molecular weight excluding hydrogens is 385 g/mol. The first-order chi connectivity index (χ1) is 14.4. The smallest absolute Gasteiger partial charge is 0.251 e. The maximum Gasteiger partial charge on any atom is 0.251 e. The molecule has 1 aliphatic carbocycles. The first-order valence-electron chi connectivity index (χ1n) is 10.1. The molecule has 6 nitrogen and oxygen atoms in total. The Hall–Kier alpha value is -3.22. The molecule has 2 aromatic rings. The van der Waals surface area contributed by atoms with Crippen molar-refractivity contribution in [1.82, 2.24) is 15.5 Å². The molecule has 1 heterocycles. The van der Waals surface area contributed by atoms with E-state index in [1.165, 1.54) is 23.3 Å². The largest absolute Gasteiger partial charge is 0.349 e. The van der Waals surface area contributed by atoms with Crippen LogP contribution in [0.3, 0.4) is 0 Å². The third kappa shape index (κ3) is 4.06. The van der Waals surface area contributed by atoms with Gasteiger partial charge in [-0.2, -0.15) is 0 Å². The Morgan fingerprint density at radius 2 is 1.83 bits per heavy atom. The van der Waals surface area contributed by atoms with Crippen LogP contribution in [0.5, 0.6) is 0 Å². The van der Waals surface area contributed by atoms with E-state index in [4.69, 9.17) is 0 Å². The number of likely N-dealkylation sites (tertiary alicyclic amines) is 1. The van der Waals surface area contributed by atoms with Crippen molar-refractivity contribution < 1.29 is 18.8 Å². The minimum absolute atomic E-state index is 0.100. The van der Waals surface area contributed by atoms with E-state index in [9.17, 15) is 18.8 Å². The molecule has 30 heavy (non-hydrogen) atoms. The van der Waals surface area contributed by atoms with E-state index in [1.54, 1.807) is 30.1 Å². The predicted molar refractivity (Wildman–Crippen MR) is 109 cm³/mol. The predicted octanol–water partition coefficient (Wildman–Crippen LogP) is 2.13. The molecule has 2 aromatic carbocycles. The summed E-state index contributed by atoms with van der Waals surface area (Å²) in [5.41, 5.74) is 3.77. The molecule has 0 unspecified atom stereocenters. The second kappa shape index (κ2) is 8.26. The first-order valence-corrected chi connectivity index (χ1v) is 10.1. The van der Waals surface area contributed by atoms with Gasteiger partial charge in [-0.25, -0.2) is 4.39 Å². The number of benzene rings is 2. The molecule has 0 saturated carbocycles.